The fourth-order valence-electron chi connectivity index (χ4n) is 1.31. The molecule has 0 aliphatic carbocycles. The molecule has 0 spiro atoms. The fraction of sp³-hybridized carbons (Fsp3) is 0.0769. The zero-order valence-corrected chi connectivity index (χ0v) is 10.0. The third-order valence-electron chi connectivity index (χ3n) is 2.11. The van der Waals surface area contributed by atoms with Crippen LogP contribution in [-0.4, -0.2) is 0 Å². The van der Waals surface area contributed by atoms with Gasteiger partial charge in [0.1, 0.15) is 5.75 Å². The lowest BCUT2D eigenvalue weighted by molar-refractivity contribution is 0.0671. The van der Waals surface area contributed by atoms with Gasteiger partial charge in [-0.25, -0.2) is 0 Å². The number of rotatable bonds is 3. The Morgan fingerprint density at radius 2 is 1.56 bits per heavy atom. The summed E-state index contributed by atoms with van der Waals surface area (Å²) in [5.74, 6) is 0.513. The number of ether oxygens (including phenoxy) is 1. The van der Waals surface area contributed by atoms with Crippen LogP contribution >= 0.6 is 15.9 Å². The van der Waals surface area contributed by atoms with Crippen molar-refractivity contribution in [1.29, 1.82) is 0 Å². The van der Waals surface area contributed by atoms with Gasteiger partial charge >= 0.3 is 0 Å². The van der Waals surface area contributed by atoms with Crippen molar-refractivity contribution in [3.05, 3.63) is 64.6 Å². The van der Waals surface area contributed by atoms with Gasteiger partial charge < -0.3 is 4.74 Å². The van der Waals surface area contributed by atoms with Crippen LogP contribution in [0.15, 0.2) is 59.1 Å². The first-order valence-electron chi connectivity index (χ1n) is 4.87. The standard InChI is InChI=1S/C13H10BrFO/c14-11-6-8-12(9-7-11)16-13(15)10-4-2-1-3-5-10/h1-9,13H. The second kappa shape index (κ2) is 5.12. The quantitative estimate of drug-likeness (QED) is 0.805. The Bertz CT molecular complexity index is 441. The van der Waals surface area contributed by atoms with Crippen molar-refractivity contribution in [1.82, 2.24) is 0 Å². The van der Waals surface area contributed by atoms with Crippen molar-refractivity contribution in [3.63, 3.8) is 0 Å². The third kappa shape index (κ3) is 2.83. The molecule has 2 aromatic rings. The molecule has 0 amide bonds. The number of hydrogen-bond donors (Lipinski definition) is 0. The molecule has 0 aromatic heterocycles. The van der Waals surface area contributed by atoms with Crippen molar-refractivity contribution >= 4 is 15.9 Å². The van der Waals surface area contributed by atoms with Crippen LogP contribution in [0.2, 0.25) is 0 Å². The van der Waals surface area contributed by atoms with Crippen molar-refractivity contribution in [2.75, 3.05) is 0 Å². The lowest BCUT2D eigenvalue weighted by Gasteiger charge is -2.11. The zero-order valence-electron chi connectivity index (χ0n) is 8.44. The van der Waals surface area contributed by atoms with Gasteiger partial charge in [0.05, 0.1) is 0 Å². The molecule has 0 saturated carbocycles. The minimum atomic E-state index is -1.43. The van der Waals surface area contributed by atoms with Crippen LogP contribution in [0.4, 0.5) is 4.39 Å². The van der Waals surface area contributed by atoms with Crippen LogP contribution in [-0.2, 0) is 0 Å². The van der Waals surface area contributed by atoms with E-state index < -0.39 is 6.36 Å². The molecule has 0 fully saturated rings. The number of benzene rings is 2. The molecule has 0 bridgehead atoms. The van der Waals surface area contributed by atoms with Crippen LogP contribution in [0.5, 0.6) is 5.75 Å². The van der Waals surface area contributed by atoms with E-state index in [1.54, 1.807) is 36.4 Å². The first-order chi connectivity index (χ1) is 7.75. The Hall–Kier alpha value is -1.35. The second-order valence-electron chi connectivity index (χ2n) is 3.30. The topological polar surface area (TPSA) is 9.23 Å². The number of alkyl halides is 1. The maximum Gasteiger partial charge on any atom is 0.264 e. The molecule has 1 atom stereocenters. The highest BCUT2D eigenvalue weighted by Gasteiger charge is 2.09. The molecule has 0 aliphatic rings. The summed E-state index contributed by atoms with van der Waals surface area (Å²) >= 11 is 3.31. The largest absolute Gasteiger partial charge is 0.456 e. The Morgan fingerprint density at radius 3 is 2.19 bits per heavy atom. The van der Waals surface area contributed by atoms with E-state index in [2.05, 4.69) is 15.9 Å². The number of hydrogen-bond acceptors (Lipinski definition) is 1. The minimum absolute atomic E-state index is 0.513. The van der Waals surface area contributed by atoms with E-state index >= 15 is 0 Å². The molecule has 1 unspecified atom stereocenters. The summed E-state index contributed by atoms with van der Waals surface area (Å²) in [5.41, 5.74) is 0.519. The van der Waals surface area contributed by atoms with Crippen molar-refractivity contribution in [2.24, 2.45) is 0 Å². The van der Waals surface area contributed by atoms with Gasteiger partial charge in [-0.15, -0.1) is 0 Å². The molecular weight excluding hydrogens is 271 g/mol. The van der Waals surface area contributed by atoms with Gasteiger partial charge in [-0.2, -0.15) is 4.39 Å². The summed E-state index contributed by atoms with van der Waals surface area (Å²) in [4.78, 5) is 0. The van der Waals surface area contributed by atoms with Gasteiger partial charge in [0.25, 0.3) is 6.36 Å². The van der Waals surface area contributed by atoms with Gasteiger partial charge in [0, 0.05) is 10.0 Å². The molecule has 16 heavy (non-hydrogen) atoms. The van der Waals surface area contributed by atoms with Gasteiger partial charge in [-0.3, -0.25) is 0 Å². The molecule has 0 saturated heterocycles. The molecule has 0 radical (unpaired) electrons. The smallest absolute Gasteiger partial charge is 0.264 e. The summed E-state index contributed by atoms with van der Waals surface area (Å²) < 4.78 is 19.8. The Morgan fingerprint density at radius 1 is 0.938 bits per heavy atom. The van der Waals surface area contributed by atoms with E-state index in [0.29, 0.717) is 11.3 Å². The normalized spacial score (nSPS) is 12.1. The van der Waals surface area contributed by atoms with Gasteiger partial charge in [-0.1, -0.05) is 46.3 Å². The molecule has 2 rings (SSSR count). The van der Waals surface area contributed by atoms with E-state index in [0.717, 1.165) is 4.47 Å². The third-order valence-corrected chi connectivity index (χ3v) is 2.64. The van der Waals surface area contributed by atoms with Crippen molar-refractivity contribution < 1.29 is 9.13 Å². The van der Waals surface area contributed by atoms with E-state index in [4.69, 9.17) is 4.74 Å². The molecule has 0 N–H and O–H groups in total. The highest BCUT2D eigenvalue weighted by molar-refractivity contribution is 9.10. The molecule has 82 valence electrons. The van der Waals surface area contributed by atoms with Gasteiger partial charge in [0.15, 0.2) is 0 Å². The monoisotopic (exact) mass is 280 g/mol. The summed E-state index contributed by atoms with van der Waals surface area (Å²) in [6.07, 6.45) is -1.43. The van der Waals surface area contributed by atoms with Crippen LogP contribution in [0.1, 0.15) is 11.9 Å². The van der Waals surface area contributed by atoms with Gasteiger partial charge in [0.2, 0.25) is 0 Å². The summed E-state index contributed by atoms with van der Waals surface area (Å²) in [7, 11) is 0. The predicted molar refractivity (Wildman–Crippen MR) is 65.1 cm³/mol. The lowest BCUT2D eigenvalue weighted by Crippen LogP contribution is -2.00. The van der Waals surface area contributed by atoms with Crippen LogP contribution in [0, 0.1) is 0 Å². The highest BCUT2D eigenvalue weighted by Crippen LogP contribution is 2.24. The second-order valence-corrected chi connectivity index (χ2v) is 4.21. The molecule has 3 heteroatoms. The van der Waals surface area contributed by atoms with Crippen LogP contribution in [0.3, 0.4) is 0 Å². The van der Waals surface area contributed by atoms with E-state index in [9.17, 15) is 4.39 Å². The van der Waals surface area contributed by atoms with E-state index in [1.807, 2.05) is 18.2 Å². The Labute approximate surface area is 102 Å². The summed E-state index contributed by atoms with van der Waals surface area (Å²) in [5, 5.41) is 0. The molecule has 0 heterocycles. The van der Waals surface area contributed by atoms with E-state index in [-0.39, 0.29) is 0 Å². The first-order valence-corrected chi connectivity index (χ1v) is 5.66. The Balaban J connectivity index is 2.08. The molecule has 1 nitrogen and oxygen atoms in total. The van der Waals surface area contributed by atoms with Crippen molar-refractivity contribution in [2.45, 2.75) is 6.36 Å². The fourth-order valence-corrected chi connectivity index (χ4v) is 1.57. The minimum Gasteiger partial charge on any atom is -0.456 e. The predicted octanol–water partition coefficient (Wildman–Crippen LogP) is 4.50. The first kappa shape index (κ1) is 11.1. The molecule has 2 aromatic carbocycles. The van der Waals surface area contributed by atoms with E-state index in [1.165, 1.54) is 0 Å². The maximum atomic E-state index is 13.7. The zero-order chi connectivity index (χ0) is 11.4. The average molecular weight is 281 g/mol. The Kier molecular flexibility index (Phi) is 3.57. The SMILES string of the molecule is FC(Oc1ccc(Br)cc1)c1ccccc1. The lowest BCUT2D eigenvalue weighted by atomic mass is 10.2. The van der Waals surface area contributed by atoms with Crippen molar-refractivity contribution in [3.8, 4) is 5.75 Å². The van der Waals surface area contributed by atoms with Gasteiger partial charge in [-0.05, 0) is 24.3 Å². The van der Waals surface area contributed by atoms with Crippen LogP contribution in [0.25, 0.3) is 0 Å². The summed E-state index contributed by atoms with van der Waals surface area (Å²) in [6, 6.07) is 15.9. The highest BCUT2D eigenvalue weighted by atomic mass is 79.9. The number of halogens is 2. The molecule has 0 aliphatic heterocycles. The maximum absolute atomic E-state index is 13.7. The average Bonchev–Trinajstić information content (AvgIpc) is 2.33. The molecular formula is C13H10BrFO. The van der Waals surface area contributed by atoms with Crippen LogP contribution < -0.4 is 4.74 Å². The summed E-state index contributed by atoms with van der Waals surface area (Å²) in [6.45, 7) is 0.